The molecule has 1 heterocycles. The van der Waals surface area contributed by atoms with Gasteiger partial charge in [0.25, 0.3) is 0 Å². The molecular weight excluding hydrogens is 269 g/mol. The summed E-state index contributed by atoms with van der Waals surface area (Å²) in [5.41, 5.74) is 0.538. The topological polar surface area (TPSA) is 61.9 Å². The molecule has 4 nitrogen and oxygen atoms in total. The predicted molar refractivity (Wildman–Crippen MR) is 78.2 cm³/mol. The van der Waals surface area contributed by atoms with E-state index in [1.54, 1.807) is 32.2 Å². The predicted octanol–water partition coefficient (Wildman–Crippen LogP) is 3.70. The van der Waals surface area contributed by atoms with E-state index >= 15 is 0 Å². The first-order chi connectivity index (χ1) is 10.00. The van der Waals surface area contributed by atoms with E-state index in [1.165, 1.54) is 12.3 Å². The van der Waals surface area contributed by atoms with Gasteiger partial charge in [0.2, 0.25) is 0 Å². The monoisotopic (exact) mass is 287 g/mol. The number of nitrogens with zero attached hydrogens (tertiary/aromatic N) is 2. The number of nitriles is 1. The molecule has 0 spiro atoms. The number of aromatic nitrogens is 1. The molecule has 0 aliphatic heterocycles. The minimum absolute atomic E-state index is 0.263. The first-order valence-corrected chi connectivity index (χ1v) is 6.86. The van der Waals surface area contributed by atoms with E-state index in [1.807, 2.05) is 0 Å². The molecule has 110 valence electrons. The first kappa shape index (κ1) is 15.0. The second-order valence-corrected chi connectivity index (χ2v) is 5.45. The Morgan fingerprint density at radius 1 is 1.38 bits per heavy atom. The van der Waals surface area contributed by atoms with E-state index < -0.39 is 5.54 Å². The third-order valence-corrected chi connectivity index (χ3v) is 3.11. The maximum atomic E-state index is 14.0. The van der Waals surface area contributed by atoms with Crippen LogP contribution in [0.25, 0.3) is 0 Å². The summed E-state index contributed by atoms with van der Waals surface area (Å²) in [5.74, 6) is 0.408. The molecule has 0 saturated heterocycles. The molecule has 0 unspecified atom stereocenters. The van der Waals surface area contributed by atoms with Crippen LogP contribution < -0.4 is 5.32 Å². The quantitative estimate of drug-likeness (QED) is 0.880. The highest BCUT2D eigenvalue weighted by molar-refractivity contribution is 5.48. The number of hydrogen-bond acceptors (Lipinski definition) is 4. The van der Waals surface area contributed by atoms with Crippen LogP contribution >= 0.6 is 0 Å². The van der Waals surface area contributed by atoms with Crippen LogP contribution in [-0.4, -0.2) is 10.5 Å². The summed E-state index contributed by atoms with van der Waals surface area (Å²) in [6.07, 6.45) is 5.22. The Labute approximate surface area is 123 Å². The Morgan fingerprint density at radius 2 is 2.19 bits per heavy atom. The molecule has 1 aromatic carbocycles. The second kappa shape index (κ2) is 6.40. The number of nitrogens with one attached hydrogen (secondary N) is 1. The molecule has 1 aromatic heterocycles. The van der Waals surface area contributed by atoms with Crippen LogP contribution in [0.2, 0.25) is 0 Å². The van der Waals surface area contributed by atoms with Crippen molar-refractivity contribution in [3.8, 4) is 6.07 Å². The number of halogens is 1. The summed E-state index contributed by atoms with van der Waals surface area (Å²) < 4.78 is 19.2. The fourth-order valence-electron chi connectivity index (χ4n) is 2.02. The van der Waals surface area contributed by atoms with Crippen molar-refractivity contribution in [3.63, 3.8) is 0 Å². The maximum absolute atomic E-state index is 14.0. The maximum Gasteiger partial charge on any atom is 0.193 e. The Bertz CT molecular complexity index is 629. The highest BCUT2D eigenvalue weighted by atomic mass is 19.1. The molecule has 2 rings (SSSR count). The number of aryl methyl sites for hydroxylation is 2. The largest absolute Gasteiger partial charge is 0.449 e. The summed E-state index contributed by atoms with van der Waals surface area (Å²) in [4.78, 5) is 4.03. The van der Waals surface area contributed by atoms with Crippen LogP contribution in [0.15, 0.2) is 35.1 Å². The lowest BCUT2D eigenvalue weighted by Gasteiger charge is -2.19. The standard InChI is InChI=1S/C16H18FN3O/c1-16(2,11-18)20-13-7-6-12(14(17)10-13)4-3-5-15-19-8-9-21-15/h6-10,20H,3-5H2,1-2H3. The SMILES string of the molecule is CC(C)(C#N)Nc1ccc(CCCc2ncco2)c(F)c1. The van der Waals surface area contributed by atoms with Gasteiger partial charge in [-0.25, -0.2) is 9.37 Å². The first-order valence-electron chi connectivity index (χ1n) is 6.86. The Hall–Kier alpha value is -2.35. The minimum Gasteiger partial charge on any atom is -0.449 e. The molecular formula is C16H18FN3O. The molecule has 0 radical (unpaired) electrons. The van der Waals surface area contributed by atoms with Crippen LogP contribution in [0.4, 0.5) is 10.1 Å². The Balaban J connectivity index is 1.94. The van der Waals surface area contributed by atoms with Gasteiger partial charge in [-0.3, -0.25) is 0 Å². The van der Waals surface area contributed by atoms with Crippen LogP contribution in [0.5, 0.6) is 0 Å². The fourth-order valence-corrected chi connectivity index (χ4v) is 2.02. The van der Waals surface area contributed by atoms with Gasteiger partial charge in [-0.05, 0) is 44.4 Å². The summed E-state index contributed by atoms with van der Waals surface area (Å²) in [6, 6.07) is 7.10. The number of rotatable bonds is 6. The van der Waals surface area contributed by atoms with E-state index in [0.29, 0.717) is 30.0 Å². The van der Waals surface area contributed by atoms with Crippen molar-refractivity contribution in [3.05, 3.63) is 47.9 Å². The van der Waals surface area contributed by atoms with Gasteiger partial charge in [0, 0.05) is 12.1 Å². The Kier molecular flexibility index (Phi) is 4.59. The van der Waals surface area contributed by atoms with Crippen LogP contribution in [0, 0.1) is 17.1 Å². The molecule has 0 amide bonds. The molecule has 2 aromatic rings. The van der Waals surface area contributed by atoms with Gasteiger partial charge in [-0.15, -0.1) is 0 Å². The normalized spacial score (nSPS) is 11.1. The van der Waals surface area contributed by atoms with E-state index in [0.717, 1.165) is 6.42 Å². The zero-order valence-electron chi connectivity index (χ0n) is 12.2. The highest BCUT2D eigenvalue weighted by Crippen LogP contribution is 2.19. The van der Waals surface area contributed by atoms with Crippen molar-refractivity contribution >= 4 is 5.69 Å². The molecule has 0 bridgehead atoms. The molecule has 1 N–H and O–H groups in total. The van der Waals surface area contributed by atoms with Crippen molar-refractivity contribution in [2.24, 2.45) is 0 Å². The number of oxazole rings is 1. The lowest BCUT2D eigenvalue weighted by atomic mass is 10.0. The van der Waals surface area contributed by atoms with Crippen LogP contribution in [-0.2, 0) is 12.8 Å². The van der Waals surface area contributed by atoms with E-state index in [9.17, 15) is 4.39 Å². The fraction of sp³-hybridized carbons (Fsp3) is 0.375. The van der Waals surface area contributed by atoms with Gasteiger partial charge in [0.1, 0.15) is 17.6 Å². The van der Waals surface area contributed by atoms with Gasteiger partial charge in [0.05, 0.1) is 12.3 Å². The molecule has 5 heteroatoms. The van der Waals surface area contributed by atoms with Gasteiger partial charge in [0.15, 0.2) is 5.89 Å². The molecule has 21 heavy (non-hydrogen) atoms. The summed E-state index contributed by atoms with van der Waals surface area (Å²) in [6.45, 7) is 3.49. The van der Waals surface area contributed by atoms with Crippen LogP contribution in [0.3, 0.4) is 0 Å². The molecule has 0 atom stereocenters. The van der Waals surface area contributed by atoms with E-state index in [4.69, 9.17) is 9.68 Å². The Morgan fingerprint density at radius 3 is 2.81 bits per heavy atom. The van der Waals surface area contributed by atoms with Crippen molar-refractivity contribution in [2.45, 2.75) is 38.6 Å². The average Bonchev–Trinajstić information content (AvgIpc) is 2.94. The number of anilines is 1. The van der Waals surface area contributed by atoms with Crippen molar-refractivity contribution < 1.29 is 8.81 Å². The molecule has 0 aliphatic rings. The van der Waals surface area contributed by atoms with Gasteiger partial charge in [-0.1, -0.05) is 6.07 Å². The highest BCUT2D eigenvalue weighted by Gasteiger charge is 2.16. The number of benzene rings is 1. The smallest absolute Gasteiger partial charge is 0.193 e. The average molecular weight is 287 g/mol. The lowest BCUT2D eigenvalue weighted by molar-refractivity contribution is 0.485. The lowest BCUT2D eigenvalue weighted by Crippen LogP contribution is -2.28. The van der Waals surface area contributed by atoms with Gasteiger partial charge < -0.3 is 9.73 Å². The van der Waals surface area contributed by atoms with Gasteiger partial charge in [-0.2, -0.15) is 5.26 Å². The van der Waals surface area contributed by atoms with Crippen molar-refractivity contribution in [2.75, 3.05) is 5.32 Å². The minimum atomic E-state index is -0.723. The second-order valence-electron chi connectivity index (χ2n) is 5.45. The third kappa shape index (κ3) is 4.32. The van der Waals surface area contributed by atoms with Gasteiger partial charge >= 0.3 is 0 Å². The molecule has 0 aliphatic carbocycles. The molecule has 0 saturated carbocycles. The zero-order valence-corrected chi connectivity index (χ0v) is 12.2. The third-order valence-electron chi connectivity index (χ3n) is 3.11. The van der Waals surface area contributed by atoms with Crippen molar-refractivity contribution in [1.29, 1.82) is 5.26 Å². The van der Waals surface area contributed by atoms with Crippen molar-refractivity contribution in [1.82, 2.24) is 4.98 Å². The summed E-state index contributed by atoms with van der Waals surface area (Å²) in [5, 5.41) is 12.0. The summed E-state index contributed by atoms with van der Waals surface area (Å²) in [7, 11) is 0. The summed E-state index contributed by atoms with van der Waals surface area (Å²) >= 11 is 0. The zero-order chi connectivity index (χ0) is 15.3. The molecule has 0 fully saturated rings. The number of hydrogen-bond donors (Lipinski definition) is 1. The van der Waals surface area contributed by atoms with E-state index in [2.05, 4.69) is 16.4 Å². The van der Waals surface area contributed by atoms with E-state index in [-0.39, 0.29) is 5.82 Å². The van der Waals surface area contributed by atoms with Crippen LogP contribution in [0.1, 0.15) is 31.7 Å².